The molecule has 1 fully saturated rings. The molecule has 0 unspecified atom stereocenters. The Hall–Kier alpha value is -2.47. The van der Waals surface area contributed by atoms with Gasteiger partial charge in [-0.3, -0.25) is 4.79 Å². The molecule has 3 rings (SSSR count). The molecular formula is C21H24F2N2O2. The van der Waals surface area contributed by atoms with Crippen molar-refractivity contribution in [2.24, 2.45) is 0 Å². The lowest BCUT2D eigenvalue weighted by atomic mass is 10.1. The number of ether oxygens (including phenoxy) is 1. The number of halogens is 2. The predicted molar refractivity (Wildman–Crippen MR) is 102 cm³/mol. The Morgan fingerprint density at radius 3 is 2.48 bits per heavy atom. The Balaban J connectivity index is 1.74. The van der Waals surface area contributed by atoms with E-state index in [-0.39, 0.29) is 35.9 Å². The van der Waals surface area contributed by atoms with E-state index in [4.69, 9.17) is 4.74 Å². The van der Waals surface area contributed by atoms with E-state index in [2.05, 4.69) is 5.32 Å². The van der Waals surface area contributed by atoms with E-state index in [0.29, 0.717) is 30.0 Å². The van der Waals surface area contributed by atoms with E-state index in [1.165, 1.54) is 25.1 Å². The molecule has 0 aromatic heterocycles. The van der Waals surface area contributed by atoms with Gasteiger partial charge in [-0.15, -0.1) is 0 Å². The van der Waals surface area contributed by atoms with Crippen molar-refractivity contribution in [3.8, 4) is 0 Å². The molecule has 0 spiro atoms. The fourth-order valence-corrected chi connectivity index (χ4v) is 3.52. The van der Waals surface area contributed by atoms with Crippen molar-refractivity contribution in [3.05, 3.63) is 59.2 Å². The number of hydrogen-bond acceptors (Lipinski definition) is 4. The fraction of sp³-hybridized carbons (Fsp3) is 0.381. The predicted octanol–water partition coefficient (Wildman–Crippen LogP) is 4.39. The second-order valence-corrected chi connectivity index (χ2v) is 7.02. The van der Waals surface area contributed by atoms with Crippen LogP contribution < -0.4 is 10.2 Å². The molecule has 1 aliphatic rings. The minimum absolute atomic E-state index is 0.0193. The van der Waals surface area contributed by atoms with Gasteiger partial charge in [0.15, 0.2) is 5.78 Å². The number of nitrogens with one attached hydrogen (secondary N) is 1. The first kappa shape index (κ1) is 19.3. The van der Waals surface area contributed by atoms with E-state index < -0.39 is 5.82 Å². The van der Waals surface area contributed by atoms with Gasteiger partial charge in [0, 0.05) is 25.3 Å². The highest BCUT2D eigenvalue weighted by Gasteiger charge is 2.24. The largest absolute Gasteiger partial charge is 0.380 e. The van der Waals surface area contributed by atoms with Gasteiger partial charge in [0.05, 0.1) is 23.5 Å². The number of morpholine rings is 1. The van der Waals surface area contributed by atoms with Crippen LogP contribution in [-0.2, 0) is 11.3 Å². The van der Waals surface area contributed by atoms with E-state index in [9.17, 15) is 13.6 Å². The van der Waals surface area contributed by atoms with Crippen molar-refractivity contribution in [2.45, 2.75) is 39.5 Å². The van der Waals surface area contributed by atoms with Crippen LogP contribution in [0.3, 0.4) is 0 Å². The van der Waals surface area contributed by atoms with Crippen molar-refractivity contribution in [2.75, 3.05) is 23.3 Å². The van der Waals surface area contributed by atoms with Gasteiger partial charge in [0.25, 0.3) is 0 Å². The molecular weight excluding hydrogens is 350 g/mol. The summed E-state index contributed by atoms with van der Waals surface area (Å²) in [6, 6.07) is 9.49. The van der Waals surface area contributed by atoms with Crippen molar-refractivity contribution in [3.63, 3.8) is 0 Å². The maximum absolute atomic E-state index is 14.7. The van der Waals surface area contributed by atoms with Gasteiger partial charge in [0.1, 0.15) is 11.6 Å². The first-order valence-corrected chi connectivity index (χ1v) is 9.07. The lowest BCUT2D eigenvalue weighted by Gasteiger charge is -2.37. The number of carbonyl (C=O) groups excluding carboxylic acids is 1. The Labute approximate surface area is 158 Å². The summed E-state index contributed by atoms with van der Waals surface area (Å²) in [5, 5.41) is 3.03. The quantitative estimate of drug-likeness (QED) is 0.788. The molecule has 2 aromatic rings. The summed E-state index contributed by atoms with van der Waals surface area (Å²) in [6.07, 6.45) is 0.0972. The summed E-state index contributed by atoms with van der Waals surface area (Å²) in [7, 11) is 0. The zero-order chi connectivity index (χ0) is 19.6. The Morgan fingerprint density at radius 1 is 1.15 bits per heavy atom. The summed E-state index contributed by atoms with van der Waals surface area (Å²) in [6.45, 7) is 6.85. The topological polar surface area (TPSA) is 41.6 Å². The smallest absolute Gasteiger partial charge is 0.164 e. The van der Waals surface area contributed by atoms with E-state index in [0.717, 1.165) is 0 Å². The van der Waals surface area contributed by atoms with Gasteiger partial charge in [-0.25, -0.2) is 8.78 Å². The molecule has 27 heavy (non-hydrogen) atoms. The molecule has 1 saturated heterocycles. The third-order valence-electron chi connectivity index (χ3n) is 4.62. The number of benzene rings is 2. The molecule has 4 nitrogen and oxygen atoms in total. The third kappa shape index (κ3) is 4.45. The average molecular weight is 374 g/mol. The van der Waals surface area contributed by atoms with Gasteiger partial charge < -0.3 is 15.0 Å². The first-order chi connectivity index (χ1) is 12.8. The van der Waals surface area contributed by atoms with Gasteiger partial charge in [-0.2, -0.15) is 0 Å². The normalized spacial score (nSPS) is 19.8. The van der Waals surface area contributed by atoms with Crippen LogP contribution in [-0.4, -0.2) is 31.1 Å². The lowest BCUT2D eigenvalue weighted by Crippen LogP contribution is -2.45. The number of hydrogen-bond donors (Lipinski definition) is 1. The van der Waals surface area contributed by atoms with Crippen LogP contribution in [0, 0.1) is 11.6 Å². The summed E-state index contributed by atoms with van der Waals surface area (Å²) < 4.78 is 34.2. The van der Waals surface area contributed by atoms with Crippen LogP contribution in [0.1, 0.15) is 36.7 Å². The number of Topliss-reactive ketones (excluding diaryl/α,β-unsaturated/α-hetero) is 1. The van der Waals surface area contributed by atoms with Crippen LogP contribution in [0.25, 0.3) is 0 Å². The zero-order valence-corrected chi connectivity index (χ0v) is 15.8. The molecule has 1 heterocycles. The fourth-order valence-electron chi connectivity index (χ4n) is 3.52. The second-order valence-electron chi connectivity index (χ2n) is 7.02. The molecule has 1 aliphatic heterocycles. The van der Waals surface area contributed by atoms with Crippen molar-refractivity contribution in [1.82, 2.24) is 0 Å². The molecule has 0 aliphatic carbocycles. The highest BCUT2D eigenvalue weighted by molar-refractivity contribution is 5.99. The lowest BCUT2D eigenvalue weighted by molar-refractivity contribution is -0.00539. The molecule has 1 N–H and O–H groups in total. The highest BCUT2D eigenvalue weighted by Crippen LogP contribution is 2.25. The van der Waals surface area contributed by atoms with Crippen LogP contribution in [0.4, 0.5) is 20.2 Å². The number of ketones is 1. The zero-order valence-electron chi connectivity index (χ0n) is 15.8. The second kappa shape index (κ2) is 8.05. The number of carbonyl (C=O) groups is 1. The van der Waals surface area contributed by atoms with Gasteiger partial charge in [-0.05, 0) is 50.6 Å². The summed E-state index contributed by atoms with van der Waals surface area (Å²) in [5.41, 5.74) is 1.69. The Kier molecular flexibility index (Phi) is 5.75. The van der Waals surface area contributed by atoms with Crippen LogP contribution in [0.15, 0.2) is 36.4 Å². The molecule has 0 saturated carbocycles. The standard InChI is InChI=1S/C21H24F2N2O2/c1-13-11-25(12-14(2)27-13)20-8-7-16(9-18(20)23)10-24-19-6-4-5-17(22)21(19)15(3)26/h4-9,13-14,24H,10-12H2,1-3H3/t13-,14+. The number of nitrogens with zero attached hydrogens (tertiary/aromatic N) is 1. The van der Waals surface area contributed by atoms with Gasteiger partial charge in [0.2, 0.25) is 0 Å². The number of anilines is 2. The Bertz CT molecular complexity index is 831. The van der Waals surface area contributed by atoms with Crippen LogP contribution in [0.5, 0.6) is 0 Å². The molecule has 0 bridgehead atoms. The van der Waals surface area contributed by atoms with Crippen molar-refractivity contribution < 1.29 is 18.3 Å². The molecule has 6 heteroatoms. The summed E-state index contributed by atoms with van der Waals surface area (Å²) >= 11 is 0. The Morgan fingerprint density at radius 2 is 1.85 bits per heavy atom. The molecule has 2 aromatic carbocycles. The first-order valence-electron chi connectivity index (χ1n) is 9.07. The molecule has 0 amide bonds. The van der Waals surface area contributed by atoms with Crippen LogP contribution >= 0.6 is 0 Å². The maximum Gasteiger partial charge on any atom is 0.164 e. The summed E-state index contributed by atoms with van der Waals surface area (Å²) in [4.78, 5) is 13.7. The summed E-state index contributed by atoms with van der Waals surface area (Å²) in [5.74, 6) is -1.22. The van der Waals surface area contributed by atoms with Gasteiger partial charge >= 0.3 is 0 Å². The third-order valence-corrected chi connectivity index (χ3v) is 4.62. The number of rotatable bonds is 5. The van der Waals surface area contributed by atoms with E-state index >= 15 is 0 Å². The van der Waals surface area contributed by atoms with E-state index in [1.54, 1.807) is 12.1 Å². The molecule has 2 atom stereocenters. The monoisotopic (exact) mass is 374 g/mol. The average Bonchev–Trinajstić information content (AvgIpc) is 2.58. The van der Waals surface area contributed by atoms with Crippen LogP contribution in [0.2, 0.25) is 0 Å². The SMILES string of the molecule is CC(=O)c1c(F)cccc1NCc1ccc(N2C[C@@H](C)O[C@@H](C)C2)c(F)c1. The van der Waals surface area contributed by atoms with Crippen molar-refractivity contribution in [1.29, 1.82) is 0 Å². The minimum Gasteiger partial charge on any atom is -0.380 e. The van der Waals surface area contributed by atoms with Crippen molar-refractivity contribution >= 4 is 17.2 Å². The minimum atomic E-state index is -0.565. The molecule has 144 valence electrons. The molecule has 0 radical (unpaired) electrons. The maximum atomic E-state index is 14.7. The van der Waals surface area contributed by atoms with Gasteiger partial charge in [-0.1, -0.05) is 12.1 Å². The van der Waals surface area contributed by atoms with E-state index in [1.807, 2.05) is 24.8 Å². The highest BCUT2D eigenvalue weighted by atomic mass is 19.1.